The van der Waals surface area contributed by atoms with Gasteiger partial charge in [-0.2, -0.15) is 0 Å². The van der Waals surface area contributed by atoms with Gasteiger partial charge < -0.3 is 4.74 Å². The van der Waals surface area contributed by atoms with Crippen molar-refractivity contribution in [2.24, 2.45) is 5.92 Å². The molecule has 1 aliphatic heterocycles. The van der Waals surface area contributed by atoms with Gasteiger partial charge >= 0.3 is 5.97 Å². The van der Waals surface area contributed by atoms with Crippen LogP contribution in [0.5, 0.6) is 0 Å². The topological polar surface area (TPSA) is 46.6 Å². The molecule has 108 valence electrons. The number of unbranched alkanes of at least 4 members (excludes halogenated alkanes) is 1. The fourth-order valence-corrected chi connectivity index (χ4v) is 3.30. The first-order valence-electron chi connectivity index (χ1n) is 7.64. The fraction of sp³-hybridized carbons (Fsp3) is 0.867. The number of ketones is 1. The van der Waals surface area contributed by atoms with E-state index in [4.69, 9.17) is 4.74 Å². The number of ether oxygens (including phenoxy) is 1. The first-order chi connectivity index (χ1) is 9.22. The maximum atomic E-state index is 11.9. The Labute approximate surface area is 115 Å². The van der Waals surface area contributed by atoms with Crippen molar-refractivity contribution in [3.63, 3.8) is 0 Å². The van der Waals surface area contributed by atoms with E-state index in [-0.39, 0.29) is 17.9 Å². The molecular weight excluding hydrogens is 242 g/mol. The smallest absolute Gasteiger partial charge is 0.320 e. The number of carbonyl (C=O) groups excluding carboxylic acids is 2. The molecule has 2 unspecified atom stereocenters. The number of hydrogen-bond donors (Lipinski definition) is 0. The van der Waals surface area contributed by atoms with E-state index in [0.717, 1.165) is 51.5 Å². The summed E-state index contributed by atoms with van der Waals surface area (Å²) in [6.07, 6.45) is 6.87. The van der Waals surface area contributed by atoms with Gasteiger partial charge in [-0.05, 0) is 38.6 Å². The molecular formula is C15H25NO3. The minimum Gasteiger partial charge on any atom is -0.465 e. The van der Waals surface area contributed by atoms with E-state index in [9.17, 15) is 9.59 Å². The van der Waals surface area contributed by atoms with Crippen LogP contribution in [0.25, 0.3) is 0 Å². The second-order valence-electron chi connectivity index (χ2n) is 5.72. The van der Waals surface area contributed by atoms with Crippen molar-refractivity contribution in [3.05, 3.63) is 0 Å². The monoisotopic (exact) mass is 267 g/mol. The molecule has 19 heavy (non-hydrogen) atoms. The lowest BCUT2D eigenvalue weighted by Gasteiger charge is -2.27. The third-order valence-electron chi connectivity index (χ3n) is 4.32. The molecule has 4 nitrogen and oxygen atoms in total. The normalized spacial score (nSPS) is 27.9. The lowest BCUT2D eigenvalue weighted by Crippen LogP contribution is -2.40. The minimum absolute atomic E-state index is 0.134. The average molecular weight is 267 g/mol. The van der Waals surface area contributed by atoms with Gasteiger partial charge in [-0.1, -0.05) is 13.3 Å². The molecule has 2 atom stereocenters. The zero-order valence-corrected chi connectivity index (χ0v) is 11.9. The Balaban J connectivity index is 1.81. The Morgan fingerprint density at radius 1 is 1.37 bits per heavy atom. The van der Waals surface area contributed by atoms with Crippen LogP contribution in [0, 0.1) is 5.92 Å². The summed E-state index contributed by atoms with van der Waals surface area (Å²) in [7, 11) is 0. The number of nitrogens with zero attached hydrogens (tertiary/aromatic N) is 1. The second kappa shape index (κ2) is 7.04. The molecule has 1 saturated heterocycles. The summed E-state index contributed by atoms with van der Waals surface area (Å²) in [5, 5.41) is 0. The fourth-order valence-electron chi connectivity index (χ4n) is 3.30. The molecule has 0 radical (unpaired) electrons. The number of esters is 1. The summed E-state index contributed by atoms with van der Waals surface area (Å²) >= 11 is 0. The Hall–Kier alpha value is -0.900. The summed E-state index contributed by atoms with van der Waals surface area (Å²) in [6.45, 7) is 3.89. The highest BCUT2D eigenvalue weighted by Gasteiger charge is 2.38. The van der Waals surface area contributed by atoms with E-state index < -0.39 is 0 Å². The van der Waals surface area contributed by atoms with E-state index in [1.165, 1.54) is 0 Å². The maximum absolute atomic E-state index is 11.9. The van der Waals surface area contributed by atoms with Crippen LogP contribution in [0.4, 0.5) is 0 Å². The average Bonchev–Trinajstić information content (AvgIpc) is 2.98. The van der Waals surface area contributed by atoms with Gasteiger partial charge in [0.1, 0.15) is 5.78 Å². The van der Waals surface area contributed by atoms with Gasteiger partial charge in [0.25, 0.3) is 0 Å². The van der Waals surface area contributed by atoms with Crippen molar-refractivity contribution >= 4 is 11.8 Å². The maximum Gasteiger partial charge on any atom is 0.320 e. The van der Waals surface area contributed by atoms with Crippen molar-refractivity contribution in [1.82, 2.24) is 4.90 Å². The van der Waals surface area contributed by atoms with Crippen LogP contribution in [0.1, 0.15) is 51.9 Å². The molecule has 0 spiro atoms. The first-order valence-corrected chi connectivity index (χ1v) is 7.64. The van der Waals surface area contributed by atoms with E-state index >= 15 is 0 Å². The summed E-state index contributed by atoms with van der Waals surface area (Å²) in [5.74, 6) is 0.438. The van der Waals surface area contributed by atoms with Crippen LogP contribution in [0.2, 0.25) is 0 Å². The van der Waals surface area contributed by atoms with E-state index in [2.05, 4.69) is 11.8 Å². The van der Waals surface area contributed by atoms with Crippen LogP contribution in [-0.2, 0) is 14.3 Å². The third-order valence-corrected chi connectivity index (χ3v) is 4.32. The molecule has 0 aromatic carbocycles. The van der Waals surface area contributed by atoms with Gasteiger partial charge in [-0.25, -0.2) is 0 Å². The Morgan fingerprint density at radius 3 is 2.89 bits per heavy atom. The highest BCUT2D eigenvalue weighted by molar-refractivity contribution is 5.83. The number of carbonyl (C=O) groups is 2. The van der Waals surface area contributed by atoms with Crippen molar-refractivity contribution in [2.75, 3.05) is 19.7 Å². The second-order valence-corrected chi connectivity index (χ2v) is 5.72. The Bertz CT molecular complexity index is 329. The molecule has 0 amide bonds. The molecule has 4 heteroatoms. The van der Waals surface area contributed by atoms with Crippen molar-refractivity contribution in [3.8, 4) is 0 Å². The highest BCUT2D eigenvalue weighted by Crippen LogP contribution is 2.33. The van der Waals surface area contributed by atoms with Crippen molar-refractivity contribution < 1.29 is 14.3 Å². The van der Waals surface area contributed by atoms with E-state index in [0.29, 0.717) is 18.9 Å². The van der Waals surface area contributed by atoms with Gasteiger partial charge in [0.15, 0.2) is 0 Å². The van der Waals surface area contributed by atoms with Crippen molar-refractivity contribution in [2.45, 2.75) is 57.9 Å². The first kappa shape index (κ1) is 14.5. The zero-order chi connectivity index (χ0) is 13.7. The number of Topliss-reactive ketones (excluding diaryl/α,β-unsaturated/α-hetero) is 1. The molecule has 2 fully saturated rings. The Kier molecular flexibility index (Phi) is 5.37. The van der Waals surface area contributed by atoms with E-state index in [1.54, 1.807) is 0 Å². The summed E-state index contributed by atoms with van der Waals surface area (Å²) in [6, 6.07) is 0.286. The minimum atomic E-state index is -0.134. The molecule has 1 saturated carbocycles. The van der Waals surface area contributed by atoms with Gasteiger partial charge in [0, 0.05) is 18.4 Å². The van der Waals surface area contributed by atoms with Gasteiger partial charge in [0.05, 0.1) is 13.2 Å². The zero-order valence-electron chi connectivity index (χ0n) is 11.9. The third kappa shape index (κ3) is 3.78. The van der Waals surface area contributed by atoms with E-state index in [1.807, 2.05) is 0 Å². The summed E-state index contributed by atoms with van der Waals surface area (Å²) in [4.78, 5) is 25.8. The summed E-state index contributed by atoms with van der Waals surface area (Å²) < 4.78 is 5.22. The number of likely N-dealkylation sites (tertiary alicyclic amines) is 1. The standard InChI is InChI=1S/C15H25NO3/c1-2-3-10-19-15(18)11-16-9-5-7-13(16)12-6-4-8-14(12)17/h12-13H,2-11H2,1H3. The SMILES string of the molecule is CCCCOC(=O)CN1CCCC1C1CCCC1=O. The molecule has 0 aromatic heterocycles. The van der Waals surface area contributed by atoms with Gasteiger partial charge in [-0.15, -0.1) is 0 Å². The Morgan fingerprint density at radius 2 is 2.21 bits per heavy atom. The van der Waals surface area contributed by atoms with Crippen LogP contribution in [0.3, 0.4) is 0 Å². The largest absolute Gasteiger partial charge is 0.465 e. The predicted octanol–water partition coefficient (Wildman–Crippen LogP) is 2.16. The lowest BCUT2D eigenvalue weighted by atomic mass is 9.95. The lowest BCUT2D eigenvalue weighted by molar-refractivity contribution is -0.146. The predicted molar refractivity (Wildman–Crippen MR) is 72.8 cm³/mol. The molecule has 2 aliphatic rings. The molecule has 1 aliphatic carbocycles. The van der Waals surface area contributed by atoms with Crippen LogP contribution >= 0.6 is 0 Å². The number of rotatable bonds is 6. The highest BCUT2D eigenvalue weighted by atomic mass is 16.5. The van der Waals surface area contributed by atoms with Crippen LogP contribution < -0.4 is 0 Å². The molecule has 0 N–H and O–H groups in total. The molecule has 2 rings (SSSR count). The summed E-state index contributed by atoms with van der Waals surface area (Å²) in [5.41, 5.74) is 0. The quantitative estimate of drug-likeness (QED) is 0.546. The van der Waals surface area contributed by atoms with Gasteiger partial charge in [0.2, 0.25) is 0 Å². The van der Waals surface area contributed by atoms with Crippen LogP contribution in [-0.4, -0.2) is 42.4 Å². The molecule has 0 bridgehead atoms. The molecule has 0 aromatic rings. The number of hydrogen-bond acceptors (Lipinski definition) is 4. The molecule has 1 heterocycles. The van der Waals surface area contributed by atoms with Crippen LogP contribution in [0.15, 0.2) is 0 Å². The van der Waals surface area contributed by atoms with Gasteiger partial charge in [-0.3, -0.25) is 14.5 Å². The van der Waals surface area contributed by atoms with Crippen molar-refractivity contribution in [1.29, 1.82) is 0 Å².